The molecule has 8 heteroatoms. The number of hydrogen-bond acceptors (Lipinski definition) is 5. The highest BCUT2D eigenvalue weighted by molar-refractivity contribution is 7.10. The lowest BCUT2D eigenvalue weighted by Crippen LogP contribution is -2.45. The van der Waals surface area contributed by atoms with E-state index in [1.165, 1.54) is 11.3 Å². The van der Waals surface area contributed by atoms with Crippen molar-refractivity contribution in [1.29, 1.82) is 0 Å². The van der Waals surface area contributed by atoms with Gasteiger partial charge < -0.3 is 20.5 Å². The minimum Gasteiger partial charge on any atom is -0.481 e. The maximum absolute atomic E-state index is 12.9. The minimum atomic E-state index is -0.996. The molecule has 0 saturated heterocycles. The predicted molar refractivity (Wildman–Crippen MR) is 130 cm³/mol. The normalized spacial score (nSPS) is 13.9. The summed E-state index contributed by atoms with van der Waals surface area (Å²) in [6, 6.07) is 18.1. The molecule has 0 bridgehead atoms. The van der Waals surface area contributed by atoms with Gasteiger partial charge in [-0.05, 0) is 40.1 Å². The second kappa shape index (κ2) is 10.5. The van der Waals surface area contributed by atoms with Crippen molar-refractivity contribution >= 4 is 29.3 Å². The summed E-state index contributed by atoms with van der Waals surface area (Å²) >= 11 is 1.33. The van der Waals surface area contributed by atoms with Gasteiger partial charge in [0.05, 0.1) is 6.42 Å². The molecule has 2 amide bonds. The third kappa shape index (κ3) is 5.12. The number of carboxylic acids is 1. The third-order valence-electron chi connectivity index (χ3n) is 5.96. The molecule has 0 spiro atoms. The fourth-order valence-electron chi connectivity index (χ4n) is 4.27. The number of alkyl carbamates (subject to hydrolysis) is 1. The first-order valence-corrected chi connectivity index (χ1v) is 12.0. The standard InChI is InChI=1S/C26H26N2O5S/c1-2-16(14-23(29)30)27-25(31)24(22-12-7-13-34-22)28-26(32)33-15-21-19-10-5-3-8-17(19)18-9-4-6-11-20(18)21/h3-13,16,21,24H,2,14-15H2,1H3,(H,27,31)(H,28,32)(H,29,30)/t16-,24?/m1/s1. The van der Waals surface area contributed by atoms with Crippen molar-refractivity contribution in [2.75, 3.05) is 6.61 Å². The van der Waals surface area contributed by atoms with Crippen LogP contribution in [0.2, 0.25) is 0 Å². The van der Waals surface area contributed by atoms with E-state index in [1.54, 1.807) is 19.1 Å². The molecule has 2 atom stereocenters. The van der Waals surface area contributed by atoms with Crippen molar-refractivity contribution in [3.8, 4) is 11.1 Å². The number of carbonyl (C=O) groups excluding carboxylic acids is 2. The molecule has 0 aliphatic heterocycles. The fourth-order valence-corrected chi connectivity index (χ4v) is 5.05. The van der Waals surface area contributed by atoms with Crippen LogP contribution in [0.1, 0.15) is 47.7 Å². The Bertz CT molecular complexity index is 1130. The van der Waals surface area contributed by atoms with E-state index in [0.29, 0.717) is 11.3 Å². The highest BCUT2D eigenvalue weighted by Crippen LogP contribution is 2.44. The summed E-state index contributed by atoms with van der Waals surface area (Å²) in [6.07, 6.45) is -0.438. The molecule has 0 fully saturated rings. The first-order valence-electron chi connectivity index (χ1n) is 11.1. The molecule has 3 N–H and O–H groups in total. The van der Waals surface area contributed by atoms with Gasteiger partial charge in [0.2, 0.25) is 5.91 Å². The van der Waals surface area contributed by atoms with Crippen molar-refractivity contribution in [3.63, 3.8) is 0 Å². The van der Waals surface area contributed by atoms with E-state index < -0.39 is 30.1 Å². The van der Waals surface area contributed by atoms with Gasteiger partial charge >= 0.3 is 12.1 Å². The summed E-state index contributed by atoms with van der Waals surface area (Å²) < 4.78 is 5.59. The molecular weight excluding hydrogens is 452 g/mol. The fraction of sp³-hybridized carbons (Fsp3) is 0.269. The molecular formula is C26H26N2O5S. The second-order valence-electron chi connectivity index (χ2n) is 8.13. The number of amides is 2. The van der Waals surface area contributed by atoms with Crippen LogP contribution in [0, 0.1) is 0 Å². The highest BCUT2D eigenvalue weighted by atomic mass is 32.1. The van der Waals surface area contributed by atoms with E-state index in [0.717, 1.165) is 22.3 Å². The number of rotatable bonds is 9. The largest absolute Gasteiger partial charge is 0.481 e. The second-order valence-corrected chi connectivity index (χ2v) is 9.11. The average Bonchev–Trinajstić information content (AvgIpc) is 3.47. The van der Waals surface area contributed by atoms with Gasteiger partial charge in [0, 0.05) is 16.8 Å². The Hall–Kier alpha value is -3.65. The molecule has 4 rings (SSSR count). The summed E-state index contributed by atoms with van der Waals surface area (Å²) in [7, 11) is 0. The number of fused-ring (bicyclic) bond motifs is 3. The molecule has 176 valence electrons. The van der Waals surface area contributed by atoms with Crippen LogP contribution < -0.4 is 10.6 Å². The molecule has 34 heavy (non-hydrogen) atoms. The summed E-state index contributed by atoms with van der Waals surface area (Å²) in [4.78, 5) is 37.4. The summed E-state index contributed by atoms with van der Waals surface area (Å²) in [5, 5.41) is 16.3. The number of hydrogen-bond donors (Lipinski definition) is 3. The molecule has 1 aliphatic rings. The van der Waals surface area contributed by atoms with Gasteiger partial charge in [0.1, 0.15) is 12.6 Å². The maximum atomic E-state index is 12.9. The third-order valence-corrected chi connectivity index (χ3v) is 6.89. The van der Waals surface area contributed by atoms with Crippen LogP contribution in [-0.4, -0.2) is 35.7 Å². The Kier molecular flexibility index (Phi) is 7.27. The number of ether oxygens (including phenoxy) is 1. The number of carboxylic acid groups (broad SMARTS) is 1. The predicted octanol–water partition coefficient (Wildman–Crippen LogP) is 4.70. The van der Waals surface area contributed by atoms with E-state index in [2.05, 4.69) is 22.8 Å². The van der Waals surface area contributed by atoms with Crippen molar-refractivity contribution in [3.05, 3.63) is 82.0 Å². The molecule has 1 aromatic heterocycles. The van der Waals surface area contributed by atoms with Gasteiger partial charge in [-0.3, -0.25) is 9.59 Å². The van der Waals surface area contributed by atoms with Gasteiger partial charge in [-0.2, -0.15) is 0 Å². The Labute approximate surface area is 201 Å². The summed E-state index contributed by atoms with van der Waals surface area (Å²) in [6.45, 7) is 1.93. The van der Waals surface area contributed by atoms with Gasteiger partial charge in [-0.25, -0.2) is 4.79 Å². The van der Waals surface area contributed by atoms with Crippen molar-refractivity contribution in [2.24, 2.45) is 0 Å². The van der Waals surface area contributed by atoms with Gasteiger partial charge in [0.25, 0.3) is 0 Å². The molecule has 1 heterocycles. The molecule has 3 aromatic rings. The quantitative estimate of drug-likeness (QED) is 0.414. The van der Waals surface area contributed by atoms with E-state index in [9.17, 15) is 14.4 Å². The molecule has 0 radical (unpaired) electrons. The van der Waals surface area contributed by atoms with Crippen LogP contribution in [0.5, 0.6) is 0 Å². The van der Waals surface area contributed by atoms with E-state index in [-0.39, 0.29) is 18.9 Å². The van der Waals surface area contributed by atoms with Crippen LogP contribution in [0.4, 0.5) is 4.79 Å². The van der Waals surface area contributed by atoms with Crippen LogP contribution >= 0.6 is 11.3 Å². The van der Waals surface area contributed by atoms with Crippen LogP contribution in [0.3, 0.4) is 0 Å². The lowest BCUT2D eigenvalue weighted by atomic mass is 9.98. The number of nitrogens with one attached hydrogen (secondary N) is 2. The lowest BCUT2D eigenvalue weighted by molar-refractivity contribution is -0.137. The maximum Gasteiger partial charge on any atom is 0.408 e. The van der Waals surface area contributed by atoms with Crippen LogP contribution in [0.25, 0.3) is 11.1 Å². The topological polar surface area (TPSA) is 105 Å². The zero-order chi connectivity index (χ0) is 24.1. The first-order chi connectivity index (χ1) is 16.5. The van der Waals surface area contributed by atoms with Crippen LogP contribution in [0.15, 0.2) is 66.0 Å². The molecule has 1 aliphatic carbocycles. The van der Waals surface area contributed by atoms with Crippen molar-refractivity contribution in [2.45, 2.75) is 37.8 Å². The van der Waals surface area contributed by atoms with Crippen molar-refractivity contribution in [1.82, 2.24) is 10.6 Å². The van der Waals surface area contributed by atoms with Gasteiger partial charge in [-0.1, -0.05) is 61.5 Å². The lowest BCUT2D eigenvalue weighted by Gasteiger charge is -2.22. The zero-order valence-electron chi connectivity index (χ0n) is 18.7. The minimum absolute atomic E-state index is 0.0906. The summed E-state index contributed by atoms with van der Waals surface area (Å²) in [5.74, 6) is -1.56. The highest BCUT2D eigenvalue weighted by Gasteiger charge is 2.31. The van der Waals surface area contributed by atoms with Crippen LogP contribution in [-0.2, 0) is 14.3 Å². The number of thiophene rings is 1. The molecule has 0 saturated carbocycles. The Morgan fingerprint density at radius 1 is 0.971 bits per heavy atom. The number of benzene rings is 2. The first kappa shape index (κ1) is 23.5. The van der Waals surface area contributed by atoms with E-state index in [4.69, 9.17) is 9.84 Å². The van der Waals surface area contributed by atoms with Crippen molar-refractivity contribution < 1.29 is 24.2 Å². The molecule has 1 unspecified atom stereocenters. The Morgan fingerprint density at radius 2 is 1.62 bits per heavy atom. The van der Waals surface area contributed by atoms with Gasteiger partial charge in [0.15, 0.2) is 0 Å². The smallest absolute Gasteiger partial charge is 0.408 e. The molecule has 2 aromatic carbocycles. The number of carbonyl (C=O) groups is 3. The zero-order valence-corrected chi connectivity index (χ0v) is 19.5. The number of aliphatic carboxylic acids is 1. The SMILES string of the molecule is CC[C@H](CC(=O)O)NC(=O)C(NC(=O)OCC1c2ccccc2-c2ccccc21)c1cccs1. The molecule has 7 nitrogen and oxygen atoms in total. The average molecular weight is 479 g/mol. The Balaban J connectivity index is 1.45. The van der Waals surface area contributed by atoms with E-state index >= 15 is 0 Å². The van der Waals surface area contributed by atoms with Gasteiger partial charge in [-0.15, -0.1) is 11.3 Å². The monoisotopic (exact) mass is 478 g/mol. The Morgan fingerprint density at radius 3 is 2.18 bits per heavy atom. The van der Waals surface area contributed by atoms with E-state index in [1.807, 2.05) is 41.8 Å². The summed E-state index contributed by atoms with van der Waals surface area (Å²) in [5.41, 5.74) is 4.46.